The van der Waals surface area contributed by atoms with Crippen LogP contribution >= 0.6 is 0 Å². The lowest BCUT2D eigenvalue weighted by Gasteiger charge is -2.04. The van der Waals surface area contributed by atoms with Crippen molar-refractivity contribution in [2.24, 2.45) is 5.73 Å². The minimum absolute atomic E-state index is 0.329. The number of aliphatic carboxylic acids is 1. The predicted molar refractivity (Wildman–Crippen MR) is 80.3 cm³/mol. The number of carboxylic acids is 1. The first-order valence-corrected chi connectivity index (χ1v) is 7.90. The van der Waals surface area contributed by atoms with Crippen molar-refractivity contribution in [1.29, 1.82) is 0 Å². The van der Waals surface area contributed by atoms with Crippen molar-refractivity contribution < 1.29 is 9.90 Å². The second-order valence-electron chi connectivity index (χ2n) is 5.22. The van der Waals surface area contributed by atoms with E-state index in [1.807, 2.05) is 0 Å². The Morgan fingerprint density at radius 2 is 1.26 bits per heavy atom. The van der Waals surface area contributed by atoms with E-state index >= 15 is 0 Å². The zero-order chi connectivity index (χ0) is 14.2. The van der Waals surface area contributed by atoms with Crippen LogP contribution in [0, 0.1) is 0 Å². The van der Waals surface area contributed by atoms with Crippen LogP contribution in [-0.2, 0) is 4.79 Å². The molecule has 0 aliphatic heterocycles. The van der Waals surface area contributed by atoms with Crippen LogP contribution in [0.5, 0.6) is 0 Å². The van der Waals surface area contributed by atoms with Crippen LogP contribution in [0.3, 0.4) is 0 Å². The normalized spacial score (nSPS) is 10.8. The molecule has 19 heavy (non-hydrogen) atoms. The quantitative estimate of drug-likeness (QED) is 0.401. The summed E-state index contributed by atoms with van der Waals surface area (Å²) in [6.07, 6.45) is 12.1. The van der Waals surface area contributed by atoms with Crippen molar-refractivity contribution in [1.82, 2.24) is 5.32 Å². The van der Waals surface area contributed by atoms with Gasteiger partial charge < -0.3 is 16.2 Å². The molecular weight excluding hydrogens is 240 g/mol. The molecule has 0 aromatic rings. The Hall–Kier alpha value is -0.610. The van der Waals surface area contributed by atoms with Gasteiger partial charge in [0.15, 0.2) is 0 Å². The van der Waals surface area contributed by atoms with Crippen molar-refractivity contribution in [3.8, 4) is 0 Å². The number of nitrogens with one attached hydrogen (secondary N) is 1. The van der Waals surface area contributed by atoms with E-state index in [1.165, 1.54) is 44.9 Å². The molecule has 0 amide bonds. The van der Waals surface area contributed by atoms with Gasteiger partial charge in [0.1, 0.15) is 0 Å². The third kappa shape index (κ3) is 17.4. The van der Waals surface area contributed by atoms with E-state index in [0.29, 0.717) is 6.42 Å². The van der Waals surface area contributed by atoms with Crippen molar-refractivity contribution in [3.63, 3.8) is 0 Å². The number of carboxylic acid groups (broad SMARTS) is 1. The summed E-state index contributed by atoms with van der Waals surface area (Å²) in [5.41, 5.74) is 5.43. The van der Waals surface area contributed by atoms with Gasteiger partial charge in [-0.25, -0.2) is 0 Å². The molecule has 0 heterocycles. The highest BCUT2D eigenvalue weighted by Crippen LogP contribution is 2.09. The van der Waals surface area contributed by atoms with Crippen LogP contribution < -0.4 is 11.1 Å². The van der Waals surface area contributed by atoms with Gasteiger partial charge in [-0.05, 0) is 45.3 Å². The summed E-state index contributed by atoms with van der Waals surface area (Å²) in [4.78, 5) is 10.3. The van der Waals surface area contributed by atoms with Crippen molar-refractivity contribution >= 4 is 5.97 Å². The lowest BCUT2D eigenvalue weighted by atomic mass is 10.1. The van der Waals surface area contributed by atoms with Crippen LogP contribution in [0.2, 0.25) is 0 Å². The maximum Gasteiger partial charge on any atom is 0.303 e. The molecule has 0 unspecified atom stereocenters. The number of hydrogen-bond donors (Lipinski definition) is 3. The van der Waals surface area contributed by atoms with E-state index in [2.05, 4.69) is 5.32 Å². The zero-order valence-corrected chi connectivity index (χ0v) is 12.3. The fraction of sp³-hybridized carbons (Fsp3) is 0.933. The predicted octanol–water partition coefficient (Wildman–Crippen LogP) is 2.91. The van der Waals surface area contributed by atoms with E-state index in [4.69, 9.17) is 10.8 Å². The Morgan fingerprint density at radius 3 is 1.79 bits per heavy atom. The molecule has 0 rings (SSSR count). The number of hydrogen-bond acceptors (Lipinski definition) is 3. The van der Waals surface area contributed by atoms with Gasteiger partial charge in [0.05, 0.1) is 0 Å². The van der Waals surface area contributed by atoms with Gasteiger partial charge in [-0.3, -0.25) is 4.79 Å². The maximum absolute atomic E-state index is 10.3. The van der Waals surface area contributed by atoms with Crippen molar-refractivity contribution in [2.75, 3.05) is 19.6 Å². The third-order valence-electron chi connectivity index (χ3n) is 3.30. The van der Waals surface area contributed by atoms with Crippen LogP contribution in [0.1, 0.15) is 70.6 Å². The second kappa shape index (κ2) is 15.4. The average molecular weight is 272 g/mol. The average Bonchev–Trinajstić information content (AvgIpc) is 2.39. The Kier molecular flexibility index (Phi) is 15.0. The monoisotopic (exact) mass is 272 g/mol. The molecule has 0 bridgehead atoms. The Labute approximate surface area is 118 Å². The molecule has 4 N–H and O–H groups in total. The molecule has 0 saturated heterocycles. The molecule has 114 valence electrons. The molecule has 0 aromatic heterocycles. The molecule has 4 heteroatoms. The highest BCUT2D eigenvalue weighted by molar-refractivity contribution is 5.66. The highest BCUT2D eigenvalue weighted by Gasteiger charge is 1.96. The van der Waals surface area contributed by atoms with Crippen LogP contribution in [0.25, 0.3) is 0 Å². The second-order valence-corrected chi connectivity index (χ2v) is 5.22. The van der Waals surface area contributed by atoms with Crippen LogP contribution in [0.4, 0.5) is 0 Å². The Bertz CT molecular complexity index is 199. The minimum atomic E-state index is -0.668. The SMILES string of the molecule is NCCCCNCCCCCCCCCCC(=O)O. The number of unbranched alkanes of at least 4 members (excludes halogenated alkanes) is 8. The van der Waals surface area contributed by atoms with E-state index in [-0.39, 0.29) is 0 Å². The van der Waals surface area contributed by atoms with Crippen molar-refractivity contribution in [2.45, 2.75) is 70.6 Å². The summed E-state index contributed by atoms with van der Waals surface area (Å²) in [6, 6.07) is 0. The third-order valence-corrected chi connectivity index (χ3v) is 3.30. The molecule has 0 fully saturated rings. The summed E-state index contributed by atoms with van der Waals surface area (Å²) in [7, 11) is 0. The number of rotatable bonds is 15. The standard InChI is InChI=1S/C15H32N2O2/c16-12-8-10-14-17-13-9-6-4-2-1-3-5-7-11-15(18)19/h17H,1-14,16H2,(H,18,19). The number of carbonyl (C=O) groups is 1. The van der Waals surface area contributed by atoms with Crippen LogP contribution in [0.15, 0.2) is 0 Å². The molecule has 0 aromatic carbocycles. The molecule has 0 saturated carbocycles. The molecule has 0 aliphatic carbocycles. The maximum atomic E-state index is 10.3. The fourth-order valence-corrected chi connectivity index (χ4v) is 2.11. The fourth-order valence-electron chi connectivity index (χ4n) is 2.11. The summed E-state index contributed by atoms with van der Waals surface area (Å²) < 4.78 is 0. The lowest BCUT2D eigenvalue weighted by Crippen LogP contribution is -2.17. The van der Waals surface area contributed by atoms with E-state index < -0.39 is 5.97 Å². The Balaban J connectivity index is 2.93. The van der Waals surface area contributed by atoms with Gasteiger partial charge in [-0.15, -0.1) is 0 Å². The largest absolute Gasteiger partial charge is 0.481 e. The molecule has 0 atom stereocenters. The summed E-state index contributed by atoms with van der Waals surface area (Å²) in [5.74, 6) is -0.668. The molecule has 4 nitrogen and oxygen atoms in total. The van der Waals surface area contributed by atoms with Gasteiger partial charge in [0, 0.05) is 6.42 Å². The van der Waals surface area contributed by atoms with Crippen LogP contribution in [-0.4, -0.2) is 30.7 Å². The lowest BCUT2D eigenvalue weighted by molar-refractivity contribution is -0.137. The molecule has 0 spiro atoms. The molecular formula is C15H32N2O2. The van der Waals surface area contributed by atoms with Gasteiger partial charge >= 0.3 is 5.97 Å². The van der Waals surface area contributed by atoms with Gasteiger partial charge in [0.25, 0.3) is 0 Å². The molecule has 0 aliphatic rings. The number of nitrogens with two attached hydrogens (primary N) is 1. The first-order valence-electron chi connectivity index (χ1n) is 7.90. The summed E-state index contributed by atoms with van der Waals surface area (Å²) in [5, 5.41) is 11.9. The summed E-state index contributed by atoms with van der Waals surface area (Å²) in [6.45, 7) is 3.03. The summed E-state index contributed by atoms with van der Waals surface area (Å²) >= 11 is 0. The zero-order valence-electron chi connectivity index (χ0n) is 12.3. The van der Waals surface area contributed by atoms with E-state index in [0.717, 1.165) is 38.9 Å². The smallest absolute Gasteiger partial charge is 0.303 e. The topological polar surface area (TPSA) is 75.3 Å². The minimum Gasteiger partial charge on any atom is -0.481 e. The molecule has 0 radical (unpaired) electrons. The van der Waals surface area contributed by atoms with E-state index in [9.17, 15) is 4.79 Å². The first-order chi connectivity index (χ1) is 9.27. The van der Waals surface area contributed by atoms with Crippen molar-refractivity contribution in [3.05, 3.63) is 0 Å². The first kappa shape index (κ1) is 18.4. The highest BCUT2D eigenvalue weighted by atomic mass is 16.4. The van der Waals surface area contributed by atoms with E-state index in [1.54, 1.807) is 0 Å². The van der Waals surface area contributed by atoms with Gasteiger partial charge in [-0.1, -0.05) is 38.5 Å². The van der Waals surface area contributed by atoms with Gasteiger partial charge in [0.2, 0.25) is 0 Å². The van der Waals surface area contributed by atoms with Gasteiger partial charge in [-0.2, -0.15) is 0 Å². The Morgan fingerprint density at radius 1 is 0.789 bits per heavy atom.